The first kappa shape index (κ1) is 19.8. The second kappa shape index (κ2) is 9.22. The van der Waals surface area contributed by atoms with Crippen LogP contribution in [0.4, 0.5) is 0 Å². The third-order valence-corrected chi connectivity index (χ3v) is 4.07. The molecule has 2 aromatic rings. The summed E-state index contributed by atoms with van der Waals surface area (Å²) in [6.45, 7) is 8.98. The van der Waals surface area contributed by atoms with E-state index in [-0.39, 0.29) is 18.4 Å². The van der Waals surface area contributed by atoms with Crippen LogP contribution in [-0.4, -0.2) is 34.7 Å². The normalized spacial score (nSPS) is 10.8. The maximum Gasteiger partial charge on any atom is 0.242 e. The highest BCUT2D eigenvalue weighted by Gasteiger charge is 2.21. The molecule has 0 radical (unpaired) electrons. The van der Waals surface area contributed by atoms with E-state index in [4.69, 9.17) is 4.42 Å². The minimum Gasteiger partial charge on any atom is -0.464 e. The molecule has 0 unspecified atom stereocenters. The number of rotatable bonds is 8. The molecule has 0 saturated heterocycles. The number of benzene rings is 1. The van der Waals surface area contributed by atoms with E-state index >= 15 is 0 Å². The van der Waals surface area contributed by atoms with Gasteiger partial charge in [-0.2, -0.15) is 0 Å². The second-order valence-electron chi connectivity index (χ2n) is 7.04. The Kier molecular flexibility index (Phi) is 7.01. The molecular weight excluding hydrogens is 328 g/mol. The molecule has 140 valence electrons. The summed E-state index contributed by atoms with van der Waals surface area (Å²) < 4.78 is 5.64. The van der Waals surface area contributed by atoms with Gasteiger partial charge in [0.15, 0.2) is 0 Å². The summed E-state index contributed by atoms with van der Waals surface area (Å²) in [5.74, 6) is 1.70. The first-order valence-corrected chi connectivity index (χ1v) is 8.97. The van der Waals surface area contributed by atoms with Crippen molar-refractivity contribution in [3.8, 4) is 0 Å². The van der Waals surface area contributed by atoms with Crippen molar-refractivity contribution < 1.29 is 14.0 Å². The van der Waals surface area contributed by atoms with Crippen LogP contribution in [0, 0.1) is 12.8 Å². The number of carbonyl (C=O) groups excluding carboxylic acids is 2. The van der Waals surface area contributed by atoms with Gasteiger partial charge in [-0.15, -0.1) is 0 Å². The average Bonchev–Trinajstić information content (AvgIpc) is 2.99. The SMILES string of the molecule is CC(=O)N(CC(=O)N(Cc1ccccc1)Cc1ccc(C)o1)CC(C)C. The molecule has 0 atom stereocenters. The third kappa shape index (κ3) is 6.06. The lowest BCUT2D eigenvalue weighted by Crippen LogP contribution is -2.43. The lowest BCUT2D eigenvalue weighted by Gasteiger charge is -2.27. The number of aryl methyl sites for hydroxylation is 1. The molecule has 0 spiro atoms. The van der Waals surface area contributed by atoms with Crippen LogP contribution in [0.3, 0.4) is 0 Å². The van der Waals surface area contributed by atoms with Gasteiger partial charge < -0.3 is 14.2 Å². The zero-order valence-electron chi connectivity index (χ0n) is 16.1. The van der Waals surface area contributed by atoms with E-state index in [0.29, 0.717) is 25.6 Å². The van der Waals surface area contributed by atoms with E-state index in [2.05, 4.69) is 0 Å². The Morgan fingerprint density at radius 2 is 1.69 bits per heavy atom. The topological polar surface area (TPSA) is 53.8 Å². The van der Waals surface area contributed by atoms with Crippen LogP contribution in [0.1, 0.15) is 37.9 Å². The predicted molar refractivity (Wildman–Crippen MR) is 101 cm³/mol. The van der Waals surface area contributed by atoms with Gasteiger partial charge in [-0.3, -0.25) is 9.59 Å². The average molecular weight is 356 g/mol. The van der Waals surface area contributed by atoms with Crippen molar-refractivity contribution in [2.75, 3.05) is 13.1 Å². The third-order valence-electron chi connectivity index (χ3n) is 4.07. The first-order chi connectivity index (χ1) is 12.3. The van der Waals surface area contributed by atoms with Crippen molar-refractivity contribution in [1.29, 1.82) is 0 Å². The molecule has 0 bridgehead atoms. The van der Waals surface area contributed by atoms with Gasteiger partial charge >= 0.3 is 0 Å². The van der Waals surface area contributed by atoms with Gasteiger partial charge in [0.05, 0.1) is 13.1 Å². The van der Waals surface area contributed by atoms with Crippen molar-refractivity contribution in [2.24, 2.45) is 5.92 Å². The Morgan fingerprint density at radius 3 is 2.23 bits per heavy atom. The Morgan fingerprint density at radius 1 is 1.00 bits per heavy atom. The summed E-state index contributed by atoms with van der Waals surface area (Å²) in [7, 11) is 0. The van der Waals surface area contributed by atoms with Gasteiger partial charge in [-0.05, 0) is 30.5 Å². The molecule has 0 aliphatic rings. The highest BCUT2D eigenvalue weighted by atomic mass is 16.3. The van der Waals surface area contributed by atoms with Gasteiger partial charge in [0, 0.05) is 20.0 Å². The smallest absolute Gasteiger partial charge is 0.242 e. The number of carbonyl (C=O) groups is 2. The largest absolute Gasteiger partial charge is 0.464 e. The van der Waals surface area contributed by atoms with Crippen molar-refractivity contribution in [1.82, 2.24) is 9.80 Å². The van der Waals surface area contributed by atoms with E-state index in [1.54, 1.807) is 9.80 Å². The quantitative estimate of drug-likeness (QED) is 0.726. The van der Waals surface area contributed by atoms with Crippen LogP contribution in [0.25, 0.3) is 0 Å². The van der Waals surface area contributed by atoms with Crippen molar-refractivity contribution in [2.45, 2.75) is 40.8 Å². The zero-order chi connectivity index (χ0) is 19.1. The summed E-state index contributed by atoms with van der Waals surface area (Å²) in [5.41, 5.74) is 1.04. The molecule has 5 nitrogen and oxygen atoms in total. The zero-order valence-corrected chi connectivity index (χ0v) is 16.1. The fourth-order valence-corrected chi connectivity index (χ4v) is 2.80. The molecule has 0 fully saturated rings. The van der Waals surface area contributed by atoms with Crippen LogP contribution in [0.2, 0.25) is 0 Å². The Balaban J connectivity index is 2.15. The summed E-state index contributed by atoms with van der Waals surface area (Å²) >= 11 is 0. The van der Waals surface area contributed by atoms with Gasteiger partial charge in [-0.25, -0.2) is 0 Å². The molecule has 0 saturated carbocycles. The van der Waals surface area contributed by atoms with Crippen LogP contribution < -0.4 is 0 Å². The van der Waals surface area contributed by atoms with Gasteiger partial charge in [0.1, 0.15) is 11.5 Å². The monoisotopic (exact) mass is 356 g/mol. The second-order valence-corrected chi connectivity index (χ2v) is 7.04. The Labute approximate surface area is 155 Å². The Hall–Kier alpha value is -2.56. The number of hydrogen-bond acceptors (Lipinski definition) is 3. The predicted octanol–water partition coefficient (Wildman–Crippen LogP) is 3.62. The van der Waals surface area contributed by atoms with E-state index < -0.39 is 0 Å². The van der Waals surface area contributed by atoms with Gasteiger partial charge in [-0.1, -0.05) is 44.2 Å². The molecule has 5 heteroatoms. The van der Waals surface area contributed by atoms with E-state index in [1.165, 1.54) is 6.92 Å². The van der Waals surface area contributed by atoms with Crippen LogP contribution in [0.15, 0.2) is 46.9 Å². The molecule has 2 rings (SSSR count). The summed E-state index contributed by atoms with van der Waals surface area (Å²) in [4.78, 5) is 28.2. The standard InChI is InChI=1S/C21H28N2O3/c1-16(2)12-22(18(4)24)15-21(25)23(13-19-8-6-5-7-9-19)14-20-11-10-17(3)26-20/h5-11,16H,12-15H2,1-4H3. The number of hydrogen-bond donors (Lipinski definition) is 0. The molecule has 0 aliphatic carbocycles. The summed E-state index contributed by atoms with van der Waals surface area (Å²) in [5, 5.41) is 0. The molecular formula is C21H28N2O3. The van der Waals surface area contributed by atoms with Crippen LogP contribution in [0.5, 0.6) is 0 Å². The first-order valence-electron chi connectivity index (χ1n) is 8.97. The number of furan rings is 1. The highest BCUT2D eigenvalue weighted by molar-refractivity contribution is 5.83. The minimum absolute atomic E-state index is 0.0828. The van der Waals surface area contributed by atoms with Gasteiger partial charge in [0.2, 0.25) is 11.8 Å². The molecule has 2 amide bonds. The molecule has 0 aliphatic heterocycles. The Bertz CT molecular complexity index is 722. The van der Waals surface area contributed by atoms with Crippen molar-refractivity contribution in [3.63, 3.8) is 0 Å². The van der Waals surface area contributed by atoms with Crippen molar-refractivity contribution in [3.05, 3.63) is 59.5 Å². The molecule has 26 heavy (non-hydrogen) atoms. The highest BCUT2D eigenvalue weighted by Crippen LogP contribution is 2.14. The molecule has 1 aromatic carbocycles. The van der Waals surface area contributed by atoms with Crippen LogP contribution in [-0.2, 0) is 22.7 Å². The molecule has 1 heterocycles. The fourth-order valence-electron chi connectivity index (χ4n) is 2.80. The van der Waals surface area contributed by atoms with Gasteiger partial charge in [0.25, 0.3) is 0 Å². The van der Waals surface area contributed by atoms with E-state index in [0.717, 1.165) is 17.1 Å². The lowest BCUT2D eigenvalue weighted by atomic mass is 10.2. The summed E-state index contributed by atoms with van der Waals surface area (Å²) in [6, 6.07) is 13.6. The maximum atomic E-state index is 12.9. The van der Waals surface area contributed by atoms with Crippen molar-refractivity contribution >= 4 is 11.8 Å². The number of nitrogens with zero attached hydrogens (tertiary/aromatic N) is 2. The number of amides is 2. The van der Waals surface area contributed by atoms with E-state index in [9.17, 15) is 9.59 Å². The molecule has 1 aromatic heterocycles. The molecule has 0 N–H and O–H groups in total. The maximum absolute atomic E-state index is 12.9. The summed E-state index contributed by atoms with van der Waals surface area (Å²) in [6.07, 6.45) is 0. The minimum atomic E-state index is -0.0845. The van der Waals surface area contributed by atoms with E-state index in [1.807, 2.05) is 63.2 Å². The lowest BCUT2D eigenvalue weighted by molar-refractivity contribution is -0.140. The van der Waals surface area contributed by atoms with Crippen LogP contribution >= 0.6 is 0 Å². The fraction of sp³-hybridized carbons (Fsp3) is 0.429.